The van der Waals surface area contributed by atoms with Gasteiger partial charge in [-0.25, -0.2) is 0 Å². The standard InChI is InChI=1S/C27H27N5O5S/c1-16-8-13-20(37-16)23(26(34)30-14-17-6-4-3-5-7-17)32(15-18-9-11-19(36-2)12-10-18)27(35)24-21(28)22(25(29)33)31-38-24/h3-13,23H,14-15,28H2,1-2H3,(H2,29,33)(H,30,34). The second-order valence-electron chi connectivity index (χ2n) is 8.47. The highest BCUT2D eigenvalue weighted by atomic mass is 32.1. The molecule has 5 N–H and O–H groups in total. The fourth-order valence-electron chi connectivity index (χ4n) is 3.87. The SMILES string of the molecule is COc1ccc(CN(C(=O)c2snc(C(N)=O)c2N)C(C(=O)NCc2ccccc2)c2ccc(C)o2)cc1. The van der Waals surface area contributed by atoms with Gasteiger partial charge in [0.1, 0.15) is 22.1 Å². The van der Waals surface area contributed by atoms with E-state index in [1.165, 1.54) is 4.90 Å². The molecule has 2 heterocycles. The third kappa shape index (κ3) is 5.84. The quantitative estimate of drug-likeness (QED) is 0.282. The minimum atomic E-state index is -1.15. The number of hydrogen-bond donors (Lipinski definition) is 3. The summed E-state index contributed by atoms with van der Waals surface area (Å²) >= 11 is 0.748. The van der Waals surface area contributed by atoms with E-state index in [2.05, 4.69) is 9.69 Å². The Kier molecular flexibility index (Phi) is 8.07. The van der Waals surface area contributed by atoms with Crippen molar-refractivity contribution in [2.24, 2.45) is 5.73 Å². The molecule has 0 bridgehead atoms. The van der Waals surface area contributed by atoms with Crippen molar-refractivity contribution in [1.82, 2.24) is 14.6 Å². The van der Waals surface area contributed by atoms with Crippen LogP contribution in [0, 0.1) is 6.92 Å². The smallest absolute Gasteiger partial charge is 0.270 e. The Bertz CT molecular complexity index is 1430. The molecule has 2 aromatic carbocycles. The lowest BCUT2D eigenvalue weighted by molar-refractivity contribution is -0.126. The zero-order valence-electron chi connectivity index (χ0n) is 20.8. The summed E-state index contributed by atoms with van der Waals surface area (Å²) in [5.41, 5.74) is 12.7. The van der Waals surface area contributed by atoms with E-state index in [9.17, 15) is 14.4 Å². The molecule has 0 saturated heterocycles. The van der Waals surface area contributed by atoms with Crippen molar-refractivity contribution in [3.63, 3.8) is 0 Å². The maximum Gasteiger partial charge on any atom is 0.270 e. The van der Waals surface area contributed by atoms with Crippen LogP contribution in [0.3, 0.4) is 0 Å². The molecule has 11 heteroatoms. The largest absolute Gasteiger partial charge is 0.497 e. The van der Waals surface area contributed by atoms with E-state index in [0.29, 0.717) is 11.5 Å². The first-order valence-corrected chi connectivity index (χ1v) is 12.4. The van der Waals surface area contributed by atoms with Crippen molar-refractivity contribution in [2.45, 2.75) is 26.1 Å². The molecule has 0 fully saturated rings. The fraction of sp³-hybridized carbons (Fsp3) is 0.185. The predicted molar refractivity (Wildman–Crippen MR) is 142 cm³/mol. The normalized spacial score (nSPS) is 11.5. The minimum absolute atomic E-state index is 0.00329. The van der Waals surface area contributed by atoms with Crippen molar-refractivity contribution < 1.29 is 23.5 Å². The van der Waals surface area contributed by atoms with E-state index >= 15 is 0 Å². The van der Waals surface area contributed by atoms with Gasteiger partial charge in [0.2, 0.25) is 0 Å². The Morgan fingerprint density at radius 1 is 1.05 bits per heavy atom. The van der Waals surface area contributed by atoms with E-state index in [-0.39, 0.29) is 35.1 Å². The highest BCUT2D eigenvalue weighted by Gasteiger charge is 2.36. The number of aryl methyl sites for hydroxylation is 1. The molecule has 3 amide bonds. The molecule has 2 aromatic heterocycles. The van der Waals surface area contributed by atoms with E-state index in [1.807, 2.05) is 30.3 Å². The van der Waals surface area contributed by atoms with Crippen molar-refractivity contribution in [1.29, 1.82) is 0 Å². The zero-order chi connectivity index (χ0) is 27.2. The van der Waals surface area contributed by atoms with Gasteiger partial charge in [-0.2, -0.15) is 4.37 Å². The molecule has 1 unspecified atom stereocenters. The fourth-order valence-corrected chi connectivity index (χ4v) is 4.64. The van der Waals surface area contributed by atoms with E-state index in [0.717, 1.165) is 22.7 Å². The molecule has 0 spiro atoms. The number of aromatic nitrogens is 1. The zero-order valence-corrected chi connectivity index (χ0v) is 21.7. The van der Waals surface area contributed by atoms with E-state index in [1.54, 1.807) is 50.4 Å². The number of carbonyl (C=O) groups excluding carboxylic acids is 3. The summed E-state index contributed by atoms with van der Waals surface area (Å²) in [6.45, 7) is 2.02. The highest BCUT2D eigenvalue weighted by Crippen LogP contribution is 2.31. The number of methoxy groups -OCH3 is 1. The Morgan fingerprint density at radius 2 is 1.76 bits per heavy atom. The summed E-state index contributed by atoms with van der Waals surface area (Å²) in [7, 11) is 1.56. The first kappa shape index (κ1) is 26.4. The number of primary amides is 1. The summed E-state index contributed by atoms with van der Waals surface area (Å²) < 4.78 is 15.0. The molecule has 4 aromatic rings. The third-order valence-electron chi connectivity index (χ3n) is 5.83. The molecule has 4 rings (SSSR count). The van der Waals surface area contributed by atoms with Crippen LogP contribution in [-0.2, 0) is 17.9 Å². The minimum Gasteiger partial charge on any atom is -0.497 e. The number of rotatable bonds is 10. The molecule has 0 saturated carbocycles. The Hall–Kier alpha value is -4.64. The second-order valence-corrected chi connectivity index (χ2v) is 9.25. The van der Waals surface area contributed by atoms with Crippen LogP contribution >= 0.6 is 11.5 Å². The lowest BCUT2D eigenvalue weighted by Crippen LogP contribution is -2.43. The molecule has 38 heavy (non-hydrogen) atoms. The number of nitrogens with one attached hydrogen (secondary N) is 1. The first-order valence-electron chi connectivity index (χ1n) is 11.6. The number of anilines is 1. The van der Waals surface area contributed by atoms with Gasteiger partial charge in [-0.05, 0) is 53.8 Å². The van der Waals surface area contributed by atoms with Crippen LogP contribution in [0.2, 0.25) is 0 Å². The van der Waals surface area contributed by atoms with Crippen LogP contribution in [0.4, 0.5) is 5.69 Å². The van der Waals surface area contributed by atoms with E-state index in [4.69, 9.17) is 20.6 Å². The molecule has 0 aliphatic heterocycles. The molecule has 0 radical (unpaired) electrons. The van der Waals surface area contributed by atoms with Gasteiger partial charge in [-0.1, -0.05) is 42.5 Å². The monoisotopic (exact) mass is 533 g/mol. The number of ether oxygens (including phenoxy) is 1. The van der Waals surface area contributed by atoms with Crippen molar-refractivity contribution in [3.05, 3.63) is 99.9 Å². The van der Waals surface area contributed by atoms with Gasteiger partial charge >= 0.3 is 0 Å². The Balaban J connectivity index is 1.75. The number of amides is 3. The summed E-state index contributed by atoms with van der Waals surface area (Å²) in [5, 5.41) is 2.91. The van der Waals surface area contributed by atoms with E-state index < -0.39 is 23.8 Å². The lowest BCUT2D eigenvalue weighted by Gasteiger charge is -2.30. The van der Waals surface area contributed by atoms with Crippen LogP contribution in [-0.4, -0.2) is 34.1 Å². The number of nitrogen functional groups attached to an aromatic ring is 1. The van der Waals surface area contributed by atoms with Gasteiger partial charge < -0.3 is 30.8 Å². The van der Waals surface area contributed by atoms with Crippen molar-refractivity contribution >= 4 is 34.9 Å². The molecular formula is C27H27N5O5S. The molecule has 0 aliphatic rings. The van der Waals surface area contributed by atoms with Crippen LogP contribution in [0.1, 0.15) is 48.8 Å². The van der Waals surface area contributed by atoms with Crippen LogP contribution in [0.25, 0.3) is 0 Å². The third-order valence-corrected chi connectivity index (χ3v) is 6.68. The molecule has 10 nitrogen and oxygen atoms in total. The van der Waals surface area contributed by atoms with Crippen LogP contribution in [0.5, 0.6) is 5.75 Å². The van der Waals surface area contributed by atoms with Crippen LogP contribution < -0.4 is 21.5 Å². The van der Waals surface area contributed by atoms with Gasteiger partial charge in [0.05, 0.1) is 12.8 Å². The number of carbonyl (C=O) groups is 3. The second kappa shape index (κ2) is 11.6. The highest BCUT2D eigenvalue weighted by molar-refractivity contribution is 7.09. The van der Waals surface area contributed by atoms with Gasteiger partial charge in [0, 0.05) is 13.1 Å². The maximum absolute atomic E-state index is 13.9. The molecule has 196 valence electrons. The van der Waals surface area contributed by atoms with Gasteiger partial charge in [-0.15, -0.1) is 0 Å². The number of nitrogens with zero attached hydrogens (tertiary/aromatic N) is 2. The lowest BCUT2D eigenvalue weighted by atomic mass is 10.1. The Morgan fingerprint density at radius 3 is 2.34 bits per heavy atom. The average Bonchev–Trinajstić information content (AvgIpc) is 3.53. The van der Waals surface area contributed by atoms with Crippen molar-refractivity contribution in [2.75, 3.05) is 12.8 Å². The topological polar surface area (TPSA) is 154 Å². The average molecular weight is 534 g/mol. The number of furan rings is 1. The summed E-state index contributed by atoms with van der Waals surface area (Å²) in [6.07, 6.45) is 0. The predicted octanol–water partition coefficient (Wildman–Crippen LogP) is 3.43. The summed E-state index contributed by atoms with van der Waals surface area (Å²) in [4.78, 5) is 40.7. The summed E-state index contributed by atoms with van der Waals surface area (Å²) in [6, 6.07) is 18.7. The van der Waals surface area contributed by atoms with Crippen molar-refractivity contribution in [3.8, 4) is 5.75 Å². The number of benzene rings is 2. The Labute approximate surface area is 223 Å². The molecule has 0 aliphatic carbocycles. The maximum atomic E-state index is 13.9. The van der Waals surface area contributed by atoms with Gasteiger partial charge in [0.25, 0.3) is 17.7 Å². The number of hydrogen-bond acceptors (Lipinski definition) is 8. The van der Waals surface area contributed by atoms with Crippen LogP contribution in [0.15, 0.2) is 71.1 Å². The first-order chi connectivity index (χ1) is 18.3. The molecule has 1 atom stereocenters. The van der Waals surface area contributed by atoms with Gasteiger partial charge in [-0.3, -0.25) is 14.4 Å². The number of nitrogens with two attached hydrogens (primary N) is 2. The van der Waals surface area contributed by atoms with Gasteiger partial charge in [0.15, 0.2) is 11.7 Å². The summed E-state index contributed by atoms with van der Waals surface area (Å²) in [5.74, 6) is -0.416. The molecular weight excluding hydrogens is 506 g/mol.